The lowest BCUT2D eigenvalue weighted by molar-refractivity contribution is 0.158. The normalized spacial score (nSPS) is 12.9. The van der Waals surface area contributed by atoms with Crippen molar-refractivity contribution in [1.82, 2.24) is 4.90 Å². The van der Waals surface area contributed by atoms with Gasteiger partial charge in [-0.15, -0.1) is 0 Å². The van der Waals surface area contributed by atoms with Gasteiger partial charge in [-0.2, -0.15) is 0 Å². The molecule has 1 rings (SSSR count). The van der Waals surface area contributed by atoms with Gasteiger partial charge in [-0.25, -0.2) is 0 Å². The van der Waals surface area contributed by atoms with Gasteiger partial charge in [-0.3, -0.25) is 4.90 Å². The molecule has 0 unspecified atom stereocenters. The summed E-state index contributed by atoms with van der Waals surface area (Å²) in [7, 11) is -1.68. The van der Waals surface area contributed by atoms with Gasteiger partial charge in [0, 0.05) is 26.2 Å². The van der Waals surface area contributed by atoms with E-state index in [1.807, 2.05) is 6.07 Å². The standard InChI is InChI=1S/C17H31NO2Si/c1-17(2,3)21(4,5)20-14-12-18(11-13-19)15-16-9-7-6-8-10-16/h6-10,19H,11-15H2,1-5H3. The third-order valence-electron chi connectivity index (χ3n) is 4.34. The predicted molar refractivity (Wildman–Crippen MR) is 92.0 cm³/mol. The minimum Gasteiger partial charge on any atom is -0.416 e. The Morgan fingerprint density at radius 2 is 1.71 bits per heavy atom. The number of rotatable bonds is 8. The van der Waals surface area contributed by atoms with Crippen molar-refractivity contribution >= 4 is 8.32 Å². The number of benzene rings is 1. The molecule has 0 aliphatic rings. The van der Waals surface area contributed by atoms with Gasteiger partial charge in [0.2, 0.25) is 0 Å². The van der Waals surface area contributed by atoms with Gasteiger partial charge in [0.1, 0.15) is 0 Å². The Balaban J connectivity index is 2.49. The molecular weight excluding hydrogens is 278 g/mol. The molecule has 0 aromatic heterocycles. The first-order valence-corrected chi connectivity index (χ1v) is 10.7. The zero-order valence-electron chi connectivity index (χ0n) is 14.2. The van der Waals surface area contributed by atoms with Crippen LogP contribution in [0.2, 0.25) is 18.1 Å². The number of hydrogen-bond acceptors (Lipinski definition) is 3. The second-order valence-corrected chi connectivity index (χ2v) is 11.9. The fraction of sp³-hybridized carbons (Fsp3) is 0.647. The average Bonchev–Trinajstić information content (AvgIpc) is 2.38. The molecule has 0 atom stereocenters. The molecule has 1 aromatic carbocycles. The van der Waals surface area contributed by atoms with Gasteiger partial charge in [0.15, 0.2) is 8.32 Å². The predicted octanol–water partition coefficient (Wildman–Crippen LogP) is 3.50. The summed E-state index contributed by atoms with van der Waals surface area (Å²) in [6.07, 6.45) is 0. The average molecular weight is 310 g/mol. The molecule has 0 saturated heterocycles. The molecule has 4 heteroatoms. The maximum atomic E-state index is 9.23. The van der Waals surface area contributed by atoms with Crippen LogP contribution in [0, 0.1) is 0 Å². The summed E-state index contributed by atoms with van der Waals surface area (Å²) in [4.78, 5) is 2.25. The summed E-state index contributed by atoms with van der Waals surface area (Å²) in [6, 6.07) is 10.4. The van der Waals surface area contributed by atoms with Crippen LogP contribution in [0.5, 0.6) is 0 Å². The van der Waals surface area contributed by atoms with Crippen molar-refractivity contribution in [2.24, 2.45) is 0 Å². The largest absolute Gasteiger partial charge is 0.416 e. The van der Waals surface area contributed by atoms with E-state index in [9.17, 15) is 5.11 Å². The Hall–Kier alpha value is -0.683. The molecule has 0 spiro atoms. The lowest BCUT2D eigenvalue weighted by Crippen LogP contribution is -2.43. The lowest BCUT2D eigenvalue weighted by atomic mass is 10.2. The summed E-state index contributed by atoms with van der Waals surface area (Å²) in [6.45, 7) is 14.7. The van der Waals surface area contributed by atoms with Crippen LogP contribution in [0.15, 0.2) is 30.3 Å². The highest BCUT2D eigenvalue weighted by Gasteiger charge is 2.36. The Bertz CT molecular complexity index is 401. The van der Waals surface area contributed by atoms with Gasteiger partial charge < -0.3 is 9.53 Å². The van der Waals surface area contributed by atoms with Crippen LogP contribution in [0.4, 0.5) is 0 Å². The van der Waals surface area contributed by atoms with Crippen molar-refractivity contribution in [1.29, 1.82) is 0 Å². The van der Waals surface area contributed by atoms with E-state index < -0.39 is 8.32 Å². The van der Waals surface area contributed by atoms with Crippen LogP contribution in [-0.2, 0) is 11.0 Å². The maximum absolute atomic E-state index is 9.23. The van der Waals surface area contributed by atoms with Crippen LogP contribution in [0.1, 0.15) is 26.3 Å². The van der Waals surface area contributed by atoms with Crippen molar-refractivity contribution in [2.75, 3.05) is 26.3 Å². The summed E-state index contributed by atoms with van der Waals surface area (Å²) in [5, 5.41) is 9.47. The second-order valence-electron chi connectivity index (χ2n) is 7.09. The van der Waals surface area contributed by atoms with E-state index in [2.05, 4.69) is 63.0 Å². The van der Waals surface area contributed by atoms with Crippen molar-refractivity contribution in [3.8, 4) is 0 Å². The van der Waals surface area contributed by atoms with Crippen molar-refractivity contribution < 1.29 is 9.53 Å². The number of aliphatic hydroxyl groups excluding tert-OH is 1. The first-order valence-electron chi connectivity index (χ1n) is 7.77. The molecule has 1 aromatic rings. The molecule has 1 N–H and O–H groups in total. The number of aliphatic hydroxyl groups is 1. The van der Waals surface area contributed by atoms with E-state index in [0.29, 0.717) is 6.54 Å². The second kappa shape index (κ2) is 8.08. The monoisotopic (exact) mass is 309 g/mol. The molecule has 0 heterocycles. The van der Waals surface area contributed by atoms with Crippen molar-refractivity contribution in [2.45, 2.75) is 45.4 Å². The van der Waals surface area contributed by atoms with Gasteiger partial charge in [-0.1, -0.05) is 51.1 Å². The van der Waals surface area contributed by atoms with Crippen LogP contribution in [0.25, 0.3) is 0 Å². The van der Waals surface area contributed by atoms with Gasteiger partial charge in [0.05, 0.1) is 6.61 Å². The van der Waals surface area contributed by atoms with E-state index in [-0.39, 0.29) is 11.6 Å². The van der Waals surface area contributed by atoms with E-state index in [1.54, 1.807) is 0 Å². The quantitative estimate of drug-likeness (QED) is 0.746. The molecule has 0 radical (unpaired) electrons. The summed E-state index contributed by atoms with van der Waals surface area (Å²) in [5.74, 6) is 0. The smallest absolute Gasteiger partial charge is 0.192 e. The number of nitrogens with zero attached hydrogens (tertiary/aromatic N) is 1. The molecule has 0 saturated carbocycles. The molecule has 0 aliphatic carbocycles. The molecule has 120 valence electrons. The van der Waals surface area contributed by atoms with Crippen molar-refractivity contribution in [3.63, 3.8) is 0 Å². The molecule has 21 heavy (non-hydrogen) atoms. The van der Waals surface area contributed by atoms with Crippen LogP contribution in [0.3, 0.4) is 0 Å². The van der Waals surface area contributed by atoms with Gasteiger partial charge >= 0.3 is 0 Å². The topological polar surface area (TPSA) is 32.7 Å². The minimum atomic E-state index is -1.68. The summed E-state index contributed by atoms with van der Waals surface area (Å²) in [5.41, 5.74) is 1.28. The molecule has 0 bridgehead atoms. The highest BCUT2D eigenvalue weighted by atomic mass is 28.4. The minimum absolute atomic E-state index is 0.187. The highest BCUT2D eigenvalue weighted by molar-refractivity contribution is 6.74. The number of hydrogen-bond donors (Lipinski definition) is 1. The Morgan fingerprint density at radius 3 is 2.24 bits per heavy atom. The van der Waals surface area contributed by atoms with Gasteiger partial charge in [-0.05, 0) is 23.7 Å². The van der Waals surface area contributed by atoms with Crippen LogP contribution >= 0.6 is 0 Å². The zero-order chi connectivity index (χ0) is 15.9. The van der Waals surface area contributed by atoms with Crippen LogP contribution in [-0.4, -0.2) is 44.6 Å². The molecule has 0 amide bonds. The highest BCUT2D eigenvalue weighted by Crippen LogP contribution is 2.36. The fourth-order valence-electron chi connectivity index (χ4n) is 1.90. The third-order valence-corrected chi connectivity index (χ3v) is 8.88. The molecule has 0 fully saturated rings. The van der Waals surface area contributed by atoms with E-state index in [1.165, 1.54) is 5.56 Å². The molecule has 0 aliphatic heterocycles. The van der Waals surface area contributed by atoms with E-state index in [4.69, 9.17) is 4.43 Å². The molecular formula is C17H31NO2Si. The Labute approximate surface area is 131 Å². The SMILES string of the molecule is CC(C)(C)[Si](C)(C)OCCN(CCO)Cc1ccccc1. The maximum Gasteiger partial charge on any atom is 0.192 e. The zero-order valence-corrected chi connectivity index (χ0v) is 15.2. The van der Waals surface area contributed by atoms with Crippen LogP contribution < -0.4 is 0 Å². The molecule has 3 nitrogen and oxygen atoms in total. The summed E-state index contributed by atoms with van der Waals surface area (Å²) < 4.78 is 6.22. The first-order chi connectivity index (χ1) is 9.76. The lowest BCUT2D eigenvalue weighted by Gasteiger charge is -2.36. The fourth-order valence-corrected chi connectivity index (χ4v) is 2.93. The Morgan fingerprint density at radius 1 is 1.10 bits per heavy atom. The van der Waals surface area contributed by atoms with Crippen molar-refractivity contribution in [3.05, 3.63) is 35.9 Å². The summed E-state index contributed by atoms with van der Waals surface area (Å²) >= 11 is 0. The Kier molecular flexibility index (Phi) is 7.07. The van der Waals surface area contributed by atoms with Gasteiger partial charge in [0.25, 0.3) is 0 Å². The van der Waals surface area contributed by atoms with E-state index >= 15 is 0 Å². The third kappa shape index (κ3) is 6.30. The van der Waals surface area contributed by atoms with E-state index in [0.717, 1.165) is 19.7 Å². The first kappa shape index (κ1) is 18.4.